The molecule has 2 aromatic heterocycles. The third-order valence-corrected chi connectivity index (χ3v) is 9.04. The molecule has 2 saturated heterocycles. The predicted molar refractivity (Wildman–Crippen MR) is 178 cm³/mol. The average molecular weight is 649 g/mol. The van der Waals surface area contributed by atoms with Crippen LogP contribution in [-0.4, -0.2) is 63.4 Å². The number of unbranched alkanes of at least 4 members (excludes halogenated alkanes) is 2. The number of benzene rings is 1. The molecule has 13 nitrogen and oxygen atoms in total. The number of hydroxylamine groups is 1. The molecule has 0 bridgehead atoms. The molecule has 2 amide bonds. The van der Waals surface area contributed by atoms with E-state index in [1.165, 1.54) is 19.3 Å². The highest BCUT2D eigenvalue weighted by atomic mass is 16.8. The quantitative estimate of drug-likeness (QED) is 0.123. The lowest BCUT2D eigenvalue weighted by atomic mass is 9.95. The number of anilines is 3. The van der Waals surface area contributed by atoms with Crippen LogP contribution in [0.1, 0.15) is 113 Å². The summed E-state index contributed by atoms with van der Waals surface area (Å²) in [6, 6.07) is 7.66. The number of rotatable bonds is 14. The van der Waals surface area contributed by atoms with E-state index in [9.17, 15) is 9.59 Å². The van der Waals surface area contributed by atoms with Crippen LogP contribution in [0, 0.1) is 0 Å². The summed E-state index contributed by atoms with van der Waals surface area (Å²) in [6.45, 7) is 1.94. The van der Waals surface area contributed by atoms with Gasteiger partial charge in [0.2, 0.25) is 11.9 Å². The highest BCUT2D eigenvalue weighted by molar-refractivity contribution is 5.94. The number of amides is 2. The Balaban J connectivity index is 0.996. The minimum Gasteiger partial charge on any atom is -0.365 e. The number of carbonyl (C=O) groups excluding carboxylic acids is 2. The zero-order valence-electron chi connectivity index (χ0n) is 27.2. The predicted octanol–water partition coefficient (Wildman–Crippen LogP) is 5.88. The molecule has 3 fully saturated rings. The van der Waals surface area contributed by atoms with Crippen LogP contribution in [-0.2, 0) is 19.1 Å². The Kier molecular flexibility index (Phi) is 11.9. The molecule has 2 aliphatic heterocycles. The molecule has 1 aliphatic carbocycles. The highest BCUT2D eigenvalue weighted by Crippen LogP contribution is 2.31. The molecule has 3 aliphatic rings. The van der Waals surface area contributed by atoms with Gasteiger partial charge in [0.25, 0.3) is 5.91 Å². The number of ether oxygens (including phenoxy) is 2. The molecule has 6 rings (SSSR count). The molecule has 4 N–H and O–H groups in total. The smallest absolute Gasteiger partial charge is 0.251 e. The van der Waals surface area contributed by atoms with Crippen LogP contribution < -0.4 is 21.4 Å². The fourth-order valence-corrected chi connectivity index (χ4v) is 6.38. The summed E-state index contributed by atoms with van der Waals surface area (Å²) >= 11 is 0. The first kappa shape index (κ1) is 33.1. The number of nitrogens with zero attached hydrogens (tertiary/aromatic N) is 4. The number of fused-ring (bicyclic) bond motifs is 1. The van der Waals surface area contributed by atoms with Gasteiger partial charge in [0, 0.05) is 49.9 Å². The van der Waals surface area contributed by atoms with Crippen LogP contribution in [0.4, 0.5) is 17.5 Å². The second-order valence-electron chi connectivity index (χ2n) is 12.7. The second-order valence-corrected chi connectivity index (χ2v) is 12.7. The summed E-state index contributed by atoms with van der Waals surface area (Å²) in [7, 11) is 0. The van der Waals surface area contributed by atoms with Crippen LogP contribution in [0.25, 0.3) is 11.2 Å². The Morgan fingerprint density at radius 2 is 1.66 bits per heavy atom. The van der Waals surface area contributed by atoms with Crippen LogP contribution in [0.2, 0.25) is 0 Å². The fourth-order valence-electron chi connectivity index (χ4n) is 6.38. The molecule has 0 spiro atoms. The van der Waals surface area contributed by atoms with Crippen molar-refractivity contribution in [1.82, 2.24) is 30.3 Å². The molecule has 3 aromatic rings. The maximum Gasteiger partial charge on any atom is 0.251 e. The zero-order chi connectivity index (χ0) is 32.3. The largest absolute Gasteiger partial charge is 0.365 e. The molecule has 0 radical (unpaired) electrons. The zero-order valence-corrected chi connectivity index (χ0v) is 27.2. The number of nitrogens with one attached hydrogen (secondary N) is 4. The van der Waals surface area contributed by atoms with E-state index in [-0.39, 0.29) is 24.3 Å². The molecule has 1 aromatic carbocycles. The topological polar surface area (TPSA) is 154 Å². The Hall–Kier alpha value is -3.81. The van der Waals surface area contributed by atoms with Crippen LogP contribution in [0.15, 0.2) is 30.6 Å². The van der Waals surface area contributed by atoms with E-state index >= 15 is 0 Å². The first-order valence-corrected chi connectivity index (χ1v) is 17.5. The van der Waals surface area contributed by atoms with Gasteiger partial charge in [0.15, 0.2) is 23.3 Å². The van der Waals surface area contributed by atoms with Gasteiger partial charge in [-0.2, -0.15) is 9.97 Å². The molecule has 4 heterocycles. The standard InChI is InChI=1S/C34H48N8O5/c43-27(41-47-29-15-7-10-22-46-29)13-5-2-8-20-35-33(44)24-16-18-26(19-17-24)38-34-39-31(37-25-11-3-1-4-12-25)30-32(40-34)42(23-36-30)28-14-6-9-21-45-28/h16-19,23,25,28-29H,1-15,20-22H2,(H,35,44)(H,41,43)(H2,37,38,39,40). The average Bonchev–Trinajstić information content (AvgIpc) is 3.55. The first-order chi connectivity index (χ1) is 23.1. The van der Waals surface area contributed by atoms with Crippen LogP contribution in [0.3, 0.4) is 0 Å². The van der Waals surface area contributed by atoms with E-state index in [0.29, 0.717) is 37.1 Å². The Labute approximate surface area is 275 Å². The van der Waals surface area contributed by atoms with Crippen molar-refractivity contribution in [2.75, 3.05) is 30.4 Å². The van der Waals surface area contributed by atoms with E-state index in [1.54, 1.807) is 12.1 Å². The van der Waals surface area contributed by atoms with Gasteiger partial charge >= 0.3 is 0 Å². The maximum absolute atomic E-state index is 12.8. The molecule has 1 saturated carbocycles. The van der Waals surface area contributed by atoms with Gasteiger partial charge in [0.1, 0.15) is 6.23 Å². The number of imidazole rings is 1. The van der Waals surface area contributed by atoms with Gasteiger partial charge in [-0.3, -0.25) is 14.2 Å². The summed E-state index contributed by atoms with van der Waals surface area (Å²) in [5.41, 5.74) is 5.33. The third-order valence-electron chi connectivity index (χ3n) is 9.04. The summed E-state index contributed by atoms with van der Waals surface area (Å²) < 4.78 is 13.5. The number of aromatic nitrogens is 4. The monoisotopic (exact) mass is 648 g/mol. The fraction of sp³-hybridized carbons (Fsp3) is 0.618. The van der Waals surface area contributed by atoms with Crippen molar-refractivity contribution in [3.05, 3.63) is 36.2 Å². The van der Waals surface area contributed by atoms with Crippen molar-refractivity contribution < 1.29 is 23.9 Å². The summed E-state index contributed by atoms with van der Waals surface area (Å²) in [5.74, 6) is 0.914. The van der Waals surface area contributed by atoms with E-state index in [1.807, 2.05) is 23.0 Å². The Morgan fingerprint density at radius 3 is 2.43 bits per heavy atom. The lowest BCUT2D eigenvalue weighted by Crippen LogP contribution is -2.33. The van der Waals surface area contributed by atoms with Crippen molar-refractivity contribution in [3.63, 3.8) is 0 Å². The SMILES string of the molecule is O=C(CCCCCNC(=O)c1ccc(Nc2nc(NC3CCCCC3)c3ncn(C4CCCCO4)c3n2)cc1)NOC1CCCCO1. The number of hydrogen-bond donors (Lipinski definition) is 4. The van der Waals surface area contributed by atoms with Crippen molar-refractivity contribution in [2.24, 2.45) is 0 Å². The van der Waals surface area contributed by atoms with E-state index in [4.69, 9.17) is 29.3 Å². The van der Waals surface area contributed by atoms with Gasteiger partial charge in [0.05, 0.1) is 6.33 Å². The van der Waals surface area contributed by atoms with E-state index in [2.05, 4.69) is 21.4 Å². The Bertz CT molecular complexity index is 1450. The van der Waals surface area contributed by atoms with Gasteiger partial charge in [-0.15, -0.1) is 0 Å². The van der Waals surface area contributed by atoms with Gasteiger partial charge < -0.3 is 25.4 Å². The summed E-state index contributed by atoms with van der Waals surface area (Å²) in [5, 5.41) is 9.96. The normalized spacial score (nSPS) is 20.5. The molecular formula is C34H48N8O5. The second kappa shape index (κ2) is 16.8. The van der Waals surface area contributed by atoms with E-state index < -0.39 is 0 Å². The molecular weight excluding hydrogens is 600 g/mol. The lowest BCUT2D eigenvalue weighted by Gasteiger charge is -2.25. The van der Waals surface area contributed by atoms with Crippen LogP contribution in [0.5, 0.6) is 0 Å². The van der Waals surface area contributed by atoms with Crippen molar-refractivity contribution in [1.29, 1.82) is 0 Å². The number of hydrogen-bond acceptors (Lipinski definition) is 10. The van der Waals surface area contributed by atoms with E-state index in [0.717, 1.165) is 99.9 Å². The maximum atomic E-state index is 12.8. The minimum absolute atomic E-state index is 0.0857. The van der Waals surface area contributed by atoms with Crippen molar-refractivity contribution in [2.45, 2.75) is 115 Å². The molecule has 254 valence electrons. The van der Waals surface area contributed by atoms with Gasteiger partial charge in [-0.25, -0.2) is 15.3 Å². The summed E-state index contributed by atoms with van der Waals surface area (Å²) in [6.07, 6.45) is 16.0. The molecule has 47 heavy (non-hydrogen) atoms. The van der Waals surface area contributed by atoms with Crippen molar-refractivity contribution >= 4 is 40.4 Å². The first-order valence-electron chi connectivity index (χ1n) is 17.5. The summed E-state index contributed by atoms with van der Waals surface area (Å²) in [4.78, 5) is 44.5. The molecule has 2 unspecified atom stereocenters. The van der Waals surface area contributed by atoms with Crippen molar-refractivity contribution in [3.8, 4) is 0 Å². The molecule has 2 atom stereocenters. The minimum atomic E-state index is -0.344. The third kappa shape index (κ3) is 9.39. The number of carbonyl (C=O) groups is 2. The van der Waals surface area contributed by atoms with Crippen LogP contribution >= 0.6 is 0 Å². The molecule has 13 heteroatoms. The highest BCUT2D eigenvalue weighted by Gasteiger charge is 2.23. The lowest BCUT2D eigenvalue weighted by molar-refractivity contribution is -0.200. The van der Waals surface area contributed by atoms with Gasteiger partial charge in [-0.05, 0) is 82.1 Å². The Morgan fingerprint density at radius 1 is 0.872 bits per heavy atom. The van der Waals surface area contributed by atoms with Gasteiger partial charge in [-0.1, -0.05) is 25.7 Å².